The molecule has 0 amide bonds. The summed E-state index contributed by atoms with van der Waals surface area (Å²) in [5, 5.41) is 9.08. The Hall–Kier alpha value is -0.740. The van der Waals surface area contributed by atoms with Crippen LogP contribution in [-0.4, -0.2) is 11.0 Å². The van der Waals surface area contributed by atoms with Crippen molar-refractivity contribution in [1.29, 1.82) is 0 Å². The van der Waals surface area contributed by atoms with Gasteiger partial charge in [-0.1, -0.05) is 0 Å². The van der Waals surface area contributed by atoms with Gasteiger partial charge in [-0.25, -0.2) is 0 Å². The average Bonchev–Trinajstić information content (AvgIpc) is 1.31. The topological polar surface area (TPSA) is 43.1 Å². The molecule has 0 spiro atoms. The summed E-state index contributed by atoms with van der Waals surface area (Å²) in [7, 11) is 0. The summed E-state index contributed by atoms with van der Waals surface area (Å²) in [6.07, 6.45) is 0. The minimum atomic E-state index is -3.78. The summed E-state index contributed by atoms with van der Waals surface area (Å²) in [5.74, 6) is 0. The van der Waals surface area contributed by atoms with Crippen molar-refractivity contribution in [2.24, 2.45) is 0 Å². The van der Waals surface area contributed by atoms with Gasteiger partial charge in [-0.05, 0) is 0 Å². The Balaban J connectivity index is 3.79. The molecule has 0 fully saturated rings. The molecule has 0 radical (unpaired) electrons. The molecule has 0 rings (SSSR count). The average molecular weight is 111 g/mol. The molecule has 0 aromatic carbocycles. The highest BCUT2D eigenvalue weighted by Crippen LogP contribution is 2.09. The van der Waals surface area contributed by atoms with E-state index in [4.69, 9.17) is 10.1 Å². The lowest BCUT2D eigenvalue weighted by Gasteiger charge is -1.95. The number of alkyl halides is 2. The predicted octanol–water partition coefficient (Wildman–Crippen LogP) is 0.876. The van der Waals surface area contributed by atoms with Gasteiger partial charge in [0.05, 0.1) is 11.8 Å². The maximum Gasteiger partial charge on any atom is 0.507 e. The SMILES string of the molecule is CC(F)(F)[N+](=O)[O-]. The Morgan fingerprint density at radius 2 is 1.86 bits per heavy atom. The molecule has 0 bridgehead atoms. The summed E-state index contributed by atoms with van der Waals surface area (Å²) in [6.45, 7) is 0.229. The van der Waals surface area contributed by atoms with E-state index in [1.165, 1.54) is 0 Å². The molecule has 3 nitrogen and oxygen atoms in total. The summed E-state index contributed by atoms with van der Waals surface area (Å²) in [6, 6.07) is -3.78. The zero-order valence-corrected chi connectivity index (χ0v) is 3.52. The maximum atomic E-state index is 11.1. The van der Waals surface area contributed by atoms with Gasteiger partial charge in [-0.3, -0.25) is 10.1 Å². The Kier molecular flexibility index (Phi) is 1.25. The van der Waals surface area contributed by atoms with Crippen molar-refractivity contribution in [3.63, 3.8) is 0 Å². The van der Waals surface area contributed by atoms with E-state index in [0.29, 0.717) is 0 Å². The molecule has 0 aromatic heterocycles. The van der Waals surface area contributed by atoms with Gasteiger partial charge < -0.3 is 0 Å². The predicted molar refractivity (Wildman–Crippen MR) is 17.6 cm³/mol. The van der Waals surface area contributed by atoms with Crippen LogP contribution in [0.15, 0.2) is 0 Å². The molecular weight excluding hydrogens is 108 g/mol. The van der Waals surface area contributed by atoms with Gasteiger partial charge >= 0.3 is 6.05 Å². The third-order valence-corrected chi connectivity index (χ3v) is 0.321. The summed E-state index contributed by atoms with van der Waals surface area (Å²) >= 11 is 0. The molecule has 0 N–H and O–H groups in total. The van der Waals surface area contributed by atoms with Gasteiger partial charge in [0.2, 0.25) is 0 Å². The molecular formula is C2H3F2NO2. The summed E-state index contributed by atoms with van der Waals surface area (Å²) in [4.78, 5) is 7.43. The van der Waals surface area contributed by atoms with Crippen LogP contribution in [-0.2, 0) is 0 Å². The van der Waals surface area contributed by atoms with Crippen LogP contribution in [0.5, 0.6) is 0 Å². The molecule has 5 heteroatoms. The number of nitro groups is 1. The van der Waals surface area contributed by atoms with Crippen LogP contribution in [0.2, 0.25) is 0 Å². The number of hydrogen-bond donors (Lipinski definition) is 0. The standard InChI is InChI=1S/C2H3F2NO2/c1-2(3,4)5(6)7/h1H3. The molecule has 0 atom stereocenters. The van der Waals surface area contributed by atoms with Crippen molar-refractivity contribution >= 4 is 0 Å². The van der Waals surface area contributed by atoms with E-state index in [9.17, 15) is 8.78 Å². The second-order valence-electron chi connectivity index (χ2n) is 1.10. The van der Waals surface area contributed by atoms with Crippen molar-refractivity contribution in [2.75, 3.05) is 0 Å². The molecule has 0 saturated heterocycles. The fraction of sp³-hybridized carbons (Fsp3) is 1.00. The van der Waals surface area contributed by atoms with Gasteiger partial charge in [-0.15, -0.1) is 8.78 Å². The minimum absolute atomic E-state index is 0.229. The van der Waals surface area contributed by atoms with E-state index >= 15 is 0 Å². The fourth-order valence-electron chi connectivity index (χ4n) is 0. The van der Waals surface area contributed by atoms with Crippen LogP contribution in [0.25, 0.3) is 0 Å². The van der Waals surface area contributed by atoms with Gasteiger partial charge in [0.15, 0.2) is 0 Å². The van der Waals surface area contributed by atoms with E-state index in [-0.39, 0.29) is 6.92 Å². The third kappa shape index (κ3) is 2.02. The van der Waals surface area contributed by atoms with Gasteiger partial charge in [0.25, 0.3) is 0 Å². The monoisotopic (exact) mass is 111 g/mol. The highest BCUT2D eigenvalue weighted by Gasteiger charge is 2.35. The highest BCUT2D eigenvalue weighted by molar-refractivity contribution is 4.32. The van der Waals surface area contributed by atoms with Crippen molar-refractivity contribution in [2.45, 2.75) is 13.0 Å². The molecule has 0 aliphatic rings. The minimum Gasteiger partial charge on any atom is -0.259 e. The Bertz CT molecular complexity index is 86.2. The first-order chi connectivity index (χ1) is 2.94. The molecule has 0 aliphatic carbocycles. The normalized spacial score (nSPS) is 11.3. The molecule has 42 valence electrons. The lowest BCUT2D eigenvalue weighted by molar-refractivity contribution is -0.638. The number of halogens is 2. The molecule has 7 heavy (non-hydrogen) atoms. The van der Waals surface area contributed by atoms with Crippen LogP contribution in [0.1, 0.15) is 6.92 Å². The van der Waals surface area contributed by atoms with Gasteiger partial charge in [-0.2, -0.15) is 0 Å². The van der Waals surface area contributed by atoms with Crippen molar-refractivity contribution in [1.82, 2.24) is 0 Å². The van der Waals surface area contributed by atoms with Crippen molar-refractivity contribution in [3.05, 3.63) is 10.1 Å². The summed E-state index contributed by atoms with van der Waals surface area (Å²) in [5.41, 5.74) is 0. The van der Waals surface area contributed by atoms with Crippen LogP contribution in [0.3, 0.4) is 0 Å². The first kappa shape index (κ1) is 6.26. The first-order valence-corrected chi connectivity index (χ1v) is 1.47. The highest BCUT2D eigenvalue weighted by atomic mass is 19.3. The molecule has 0 saturated carbocycles. The smallest absolute Gasteiger partial charge is 0.259 e. The van der Waals surface area contributed by atoms with Crippen LogP contribution < -0.4 is 0 Å². The van der Waals surface area contributed by atoms with E-state index < -0.39 is 11.0 Å². The van der Waals surface area contributed by atoms with E-state index in [2.05, 4.69) is 0 Å². The molecule has 0 unspecified atom stereocenters. The quantitative estimate of drug-likeness (QED) is 0.286. The van der Waals surface area contributed by atoms with E-state index in [1.54, 1.807) is 0 Å². The second-order valence-corrected chi connectivity index (χ2v) is 1.10. The van der Waals surface area contributed by atoms with E-state index in [0.717, 1.165) is 0 Å². The number of nitrogens with zero attached hydrogens (tertiary/aromatic N) is 1. The number of rotatable bonds is 1. The van der Waals surface area contributed by atoms with Crippen LogP contribution >= 0.6 is 0 Å². The lowest BCUT2D eigenvalue weighted by atomic mass is 10.7. The van der Waals surface area contributed by atoms with Crippen LogP contribution in [0, 0.1) is 10.1 Å². The van der Waals surface area contributed by atoms with Gasteiger partial charge in [0, 0.05) is 0 Å². The Labute approximate surface area is 38.1 Å². The van der Waals surface area contributed by atoms with Gasteiger partial charge in [0.1, 0.15) is 0 Å². The lowest BCUT2D eigenvalue weighted by Crippen LogP contribution is -2.21. The zero-order chi connectivity index (χ0) is 6.08. The zero-order valence-electron chi connectivity index (χ0n) is 3.52. The maximum absolute atomic E-state index is 11.1. The van der Waals surface area contributed by atoms with Crippen LogP contribution in [0.4, 0.5) is 8.78 Å². The first-order valence-electron chi connectivity index (χ1n) is 1.47. The molecule has 0 aliphatic heterocycles. The largest absolute Gasteiger partial charge is 0.507 e. The Morgan fingerprint density at radius 3 is 1.86 bits per heavy atom. The second kappa shape index (κ2) is 1.40. The van der Waals surface area contributed by atoms with Crippen molar-refractivity contribution in [3.8, 4) is 0 Å². The van der Waals surface area contributed by atoms with Crippen molar-refractivity contribution < 1.29 is 13.7 Å². The fourth-order valence-corrected chi connectivity index (χ4v) is 0. The van der Waals surface area contributed by atoms with E-state index in [1.807, 2.05) is 0 Å². The third-order valence-electron chi connectivity index (χ3n) is 0.321. The molecule has 0 aromatic rings. The number of hydrogen-bond acceptors (Lipinski definition) is 2. The summed E-state index contributed by atoms with van der Waals surface area (Å²) < 4.78 is 22.3. The molecule has 0 heterocycles. The Morgan fingerprint density at radius 1 is 1.71 bits per heavy atom.